The number of carboxylic acid groups (broad SMARTS) is 1. The number of hydrogen-bond acceptors (Lipinski definition) is 3. The van der Waals surface area contributed by atoms with Gasteiger partial charge < -0.3 is 15.3 Å². The number of carboxylic acids is 1. The van der Waals surface area contributed by atoms with Crippen LogP contribution in [0.1, 0.15) is 6.42 Å². The Morgan fingerprint density at radius 2 is 2.07 bits per heavy atom. The molecule has 15 heavy (non-hydrogen) atoms. The van der Waals surface area contributed by atoms with Crippen LogP contribution in [0.25, 0.3) is 0 Å². The van der Waals surface area contributed by atoms with E-state index >= 15 is 0 Å². The van der Waals surface area contributed by atoms with Gasteiger partial charge in [-0.05, 0) is 0 Å². The van der Waals surface area contributed by atoms with Gasteiger partial charge in [0.15, 0.2) is 0 Å². The third-order valence-electron chi connectivity index (χ3n) is 1.99. The Kier molecular flexibility index (Phi) is 3.84. The molecule has 0 bridgehead atoms. The van der Waals surface area contributed by atoms with Gasteiger partial charge in [-0.1, -0.05) is 0 Å². The minimum absolute atomic E-state index is 0.0903. The molecule has 6 heteroatoms. The van der Waals surface area contributed by atoms with Crippen LogP contribution in [0.2, 0.25) is 0 Å². The molecule has 1 aliphatic heterocycles. The highest BCUT2D eigenvalue weighted by Crippen LogP contribution is 1.98. The van der Waals surface area contributed by atoms with Gasteiger partial charge in [0.2, 0.25) is 11.8 Å². The average molecular weight is 212 g/mol. The zero-order valence-corrected chi connectivity index (χ0v) is 8.10. The van der Waals surface area contributed by atoms with Gasteiger partial charge in [-0.25, -0.2) is 4.79 Å². The van der Waals surface area contributed by atoms with Gasteiger partial charge in [-0.3, -0.25) is 9.59 Å². The van der Waals surface area contributed by atoms with E-state index in [0.717, 1.165) is 12.2 Å². The van der Waals surface area contributed by atoms with Gasteiger partial charge in [0.05, 0.1) is 0 Å². The van der Waals surface area contributed by atoms with Crippen LogP contribution in [0.4, 0.5) is 0 Å². The fraction of sp³-hybridized carbons (Fsp3) is 0.444. The molecule has 82 valence electrons. The number of carbonyl (C=O) groups is 3. The Labute approximate surface area is 86.6 Å². The zero-order chi connectivity index (χ0) is 11.3. The highest BCUT2D eigenvalue weighted by atomic mass is 16.4. The SMILES string of the molecule is O=C(O)C=CC(=O)N1CCNC(=O)CC1. The van der Waals surface area contributed by atoms with E-state index < -0.39 is 5.97 Å². The van der Waals surface area contributed by atoms with Crippen LogP contribution in [0, 0.1) is 0 Å². The Morgan fingerprint density at radius 1 is 1.33 bits per heavy atom. The zero-order valence-electron chi connectivity index (χ0n) is 8.10. The molecule has 2 N–H and O–H groups in total. The first-order chi connectivity index (χ1) is 7.09. The van der Waals surface area contributed by atoms with Gasteiger partial charge in [-0.2, -0.15) is 0 Å². The fourth-order valence-corrected chi connectivity index (χ4v) is 1.24. The lowest BCUT2D eigenvalue weighted by molar-refractivity contribution is -0.132. The molecule has 1 heterocycles. The van der Waals surface area contributed by atoms with Gasteiger partial charge in [-0.15, -0.1) is 0 Å². The van der Waals surface area contributed by atoms with E-state index in [1.807, 2.05) is 0 Å². The third-order valence-corrected chi connectivity index (χ3v) is 1.99. The molecule has 0 aliphatic carbocycles. The number of amides is 2. The Bertz CT molecular complexity index is 311. The van der Waals surface area contributed by atoms with E-state index in [1.165, 1.54) is 4.90 Å². The van der Waals surface area contributed by atoms with Crippen LogP contribution in [-0.2, 0) is 14.4 Å². The molecule has 0 spiro atoms. The molecule has 2 amide bonds. The lowest BCUT2D eigenvalue weighted by atomic mass is 10.3. The number of rotatable bonds is 2. The predicted molar refractivity (Wildman–Crippen MR) is 51.0 cm³/mol. The van der Waals surface area contributed by atoms with Gasteiger partial charge in [0.1, 0.15) is 0 Å². The summed E-state index contributed by atoms with van der Waals surface area (Å²) in [6, 6.07) is 0. The number of nitrogens with one attached hydrogen (secondary N) is 1. The molecule has 0 aromatic rings. The van der Waals surface area contributed by atoms with Crippen molar-refractivity contribution in [1.29, 1.82) is 0 Å². The van der Waals surface area contributed by atoms with Crippen LogP contribution in [-0.4, -0.2) is 47.4 Å². The molecule has 0 atom stereocenters. The number of aliphatic carboxylic acids is 1. The van der Waals surface area contributed by atoms with Crippen molar-refractivity contribution in [3.05, 3.63) is 12.2 Å². The fourth-order valence-electron chi connectivity index (χ4n) is 1.24. The maximum atomic E-state index is 11.4. The topological polar surface area (TPSA) is 86.7 Å². The number of nitrogens with zero attached hydrogens (tertiary/aromatic N) is 1. The molecular formula is C9H12N2O4. The molecule has 0 unspecified atom stereocenters. The molecule has 0 aromatic carbocycles. The minimum atomic E-state index is -1.16. The van der Waals surface area contributed by atoms with E-state index in [4.69, 9.17) is 5.11 Å². The van der Waals surface area contributed by atoms with Crippen molar-refractivity contribution in [3.63, 3.8) is 0 Å². The summed E-state index contributed by atoms with van der Waals surface area (Å²) in [4.78, 5) is 34.0. The highest BCUT2D eigenvalue weighted by molar-refractivity contribution is 5.94. The summed E-state index contributed by atoms with van der Waals surface area (Å²) in [5.41, 5.74) is 0. The predicted octanol–water partition coefficient (Wildman–Crippen LogP) is -1.02. The number of hydrogen-bond donors (Lipinski definition) is 2. The van der Waals surface area contributed by atoms with Gasteiger partial charge in [0, 0.05) is 38.2 Å². The second-order valence-corrected chi connectivity index (χ2v) is 3.10. The third kappa shape index (κ3) is 3.80. The second-order valence-electron chi connectivity index (χ2n) is 3.10. The first kappa shape index (κ1) is 11.2. The standard InChI is InChI=1S/C9H12N2O4/c12-7-3-5-11(6-4-10-7)8(13)1-2-9(14)15/h1-2H,3-6H2,(H,10,12)(H,14,15). The second kappa shape index (κ2) is 5.14. The molecule has 6 nitrogen and oxygen atoms in total. The summed E-state index contributed by atoms with van der Waals surface area (Å²) < 4.78 is 0. The van der Waals surface area contributed by atoms with Crippen molar-refractivity contribution in [2.45, 2.75) is 6.42 Å². The molecule has 1 aliphatic rings. The summed E-state index contributed by atoms with van der Waals surface area (Å²) in [5, 5.41) is 11.0. The quantitative estimate of drug-likeness (QED) is 0.573. The largest absolute Gasteiger partial charge is 0.478 e. The molecule has 1 rings (SSSR count). The molecule has 0 aromatic heterocycles. The van der Waals surface area contributed by atoms with Crippen molar-refractivity contribution in [3.8, 4) is 0 Å². The summed E-state index contributed by atoms with van der Waals surface area (Å²) in [6.45, 7) is 1.15. The minimum Gasteiger partial charge on any atom is -0.478 e. The summed E-state index contributed by atoms with van der Waals surface area (Å²) in [6.07, 6.45) is 2.05. The summed E-state index contributed by atoms with van der Waals surface area (Å²) in [5.74, 6) is -1.63. The maximum absolute atomic E-state index is 11.4. The monoisotopic (exact) mass is 212 g/mol. The van der Waals surface area contributed by atoms with Gasteiger partial charge >= 0.3 is 5.97 Å². The van der Waals surface area contributed by atoms with Crippen molar-refractivity contribution in [1.82, 2.24) is 10.2 Å². The smallest absolute Gasteiger partial charge is 0.328 e. The lowest BCUT2D eigenvalue weighted by Gasteiger charge is -2.16. The van der Waals surface area contributed by atoms with E-state index in [-0.39, 0.29) is 18.2 Å². The van der Waals surface area contributed by atoms with E-state index in [1.54, 1.807) is 0 Å². The van der Waals surface area contributed by atoms with E-state index in [0.29, 0.717) is 19.6 Å². The summed E-state index contributed by atoms with van der Waals surface area (Å²) >= 11 is 0. The Balaban J connectivity index is 2.52. The van der Waals surface area contributed by atoms with E-state index in [2.05, 4.69) is 5.32 Å². The van der Waals surface area contributed by atoms with Crippen LogP contribution in [0.3, 0.4) is 0 Å². The molecular weight excluding hydrogens is 200 g/mol. The first-order valence-corrected chi connectivity index (χ1v) is 4.56. The Hall–Kier alpha value is -1.85. The molecule has 1 fully saturated rings. The van der Waals surface area contributed by atoms with Crippen molar-refractivity contribution < 1.29 is 19.5 Å². The summed E-state index contributed by atoms with van der Waals surface area (Å²) in [7, 11) is 0. The van der Waals surface area contributed by atoms with Crippen LogP contribution in [0.15, 0.2) is 12.2 Å². The van der Waals surface area contributed by atoms with Crippen molar-refractivity contribution in [2.24, 2.45) is 0 Å². The maximum Gasteiger partial charge on any atom is 0.328 e. The van der Waals surface area contributed by atoms with Crippen molar-refractivity contribution in [2.75, 3.05) is 19.6 Å². The normalized spacial score (nSPS) is 17.3. The molecule has 0 saturated carbocycles. The van der Waals surface area contributed by atoms with E-state index in [9.17, 15) is 14.4 Å². The lowest BCUT2D eigenvalue weighted by Crippen LogP contribution is -2.33. The van der Waals surface area contributed by atoms with Crippen LogP contribution >= 0.6 is 0 Å². The van der Waals surface area contributed by atoms with Crippen molar-refractivity contribution >= 4 is 17.8 Å². The average Bonchev–Trinajstić information content (AvgIpc) is 2.39. The Morgan fingerprint density at radius 3 is 2.73 bits per heavy atom. The number of carbonyl (C=O) groups excluding carboxylic acids is 2. The van der Waals surface area contributed by atoms with Gasteiger partial charge in [0.25, 0.3) is 0 Å². The first-order valence-electron chi connectivity index (χ1n) is 4.56. The highest BCUT2D eigenvalue weighted by Gasteiger charge is 2.16. The van der Waals surface area contributed by atoms with Crippen LogP contribution in [0.5, 0.6) is 0 Å². The molecule has 1 saturated heterocycles. The van der Waals surface area contributed by atoms with Crippen LogP contribution < -0.4 is 5.32 Å². The molecule has 0 radical (unpaired) electrons.